The largest absolute Gasteiger partial charge is 0.493 e. The number of carbonyl (C=O) groups excluding carboxylic acids is 1. The molecular weight excluding hydrogens is 350 g/mol. The van der Waals surface area contributed by atoms with Crippen molar-refractivity contribution in [3.63, 3.8) is 0 Å². The first-order valence-electron chi connectivity index (χ1n) is 8.15. The van der Waals surface area contributed by atoms with Crippen LogP contribution in [0.3, 0.4) is 0 Å². The number of fused-ring (bicyclic) bond motifs is 1. The standard InChI is InChI=1S/C20H19NO6/c1-24-11-20(23)21-13-5-7-16-14(9-13)15(22)10-18(27-16)12-4-6-17(25-2)19(8-12)26-3/h4-10H,11H2,1-3H3,(H,21,23). The fourth-order valence-corrected chi connectivity index (χ4v) is 2.69. The minimum Gasteiger partial charge on any atom is -0.493 e. The number of benzene rings is 2. The zero-order valence-corrected chi connectivity index (χ0v) is 15.2. The quantitative estimate of drug-likeness (QED) is 0.719. The Kier molecular flexibility index (Phi) is 5.42. The molecule has 2 aromatic carbocycles. The summed E-state index contributed by atoms with van der Waals surface area (Å²) in [7, 11) is 4.53. The van der Waals surface area contributed by atoms with E-state index in [9.17, 15) is 9.59 Å². The van der Waals surface area contributed by atoms with Crippen LogP contribution in [0, 0.1) is 0 Å². The molecule has 0 aliphatic carbocycles. The second-order valence-corrected chi connectivity index (χ2v) is 5.74. The second kappa shape index (κ2) is 7.92. The van der Waals surface area contributed by atoms with Gasteiger partial charge < -0.3 is 23.9 Å². The van der Waals surface area contributed by atoms with Gasteiger partial charge in [-0.25, -0.2) is 0 Å². The van der Waals surface area contributed by atoms with Gasteiger partial charge in [0.15, 0.2) is 16.9 Å². The Hall–Kier alpha value is -3.32. The van der Waals surface area contributed by atoms with Gasteiger partial charge in [0.05, 0.1) is 19.6 Å². The Balaban J connectivity index is 2.00. The molecular formula is C20H19NO6. The minimum absolute atomic E-state index is 0.0646. The molecule has 1 amide bonds. The summed E-state index contributed by atoms with van der Waals surface area (Å²) in [6, 6.07) is 11.6. The molecule has 0 aliphatic heterocycles. The number of amides is 1. The van der Waals surface area contributed by atoms with E-state index >= 15 is 0 Å². The lowest BCUT2D eigenvalue weighted by molar-refractivity contribution is -0.119. The van der Waals surface area contributed by atoms with Gasteiger partial charge in [-0.15, -0.1) is 0 Å². The Bertz CT molecular complexity index is 1040. The van der Waals surface area contributed by atoms with Crippen molar-refractivity contribution in [1.29, 1.82) is 0 Å². The first-order chi connectivity index (χ1) is 13.0. The van der Waals surface area contributed by atoms with E-state index in [1.807, 2.05) is 0 Å². The molecule has 0 aliphatic rings. The maximum absolute atomic E-state index is 12.6. The summed E-state index contributed by atoms with van der Waals surface area (Å²) in [6.45, 7) is -0.0646. The molecule has 1 N–H and O–H groups in total. The average Bonchev–Trinajstić information content (AvgIpc) is 2.67. The molecule has 7 heteroatoms. The van der Waals surface area contributed by atoms with Gasteiger partial charge in [-0.1, -0.05) is 0 Å². The molecule has 1 aromatic heterocycles. The fourth-order valence-electron chi connectivity index (χ4n) is 2.69. The number of nitrogens with one attached hydrogen (secondary N) is 1. The van der Waals surface area contributed by atoms with Gasteiger partial charge in [-0.3, -0.25) is 9.59 Å². The van der Waals surface area contributed by atoms with E-state index in [0.717, 1.165) is 0 Å². The second-order valence-electron chi connectivity index (χ2n) is 5.74. The van der Waals surface area contributed by atoms with Crippen LogP contribution in [0.15, 0.2) is 51.7 Å². The van der Waals surface area contributed by atoms with Crippen molar-refractivity contribution < 1.29 is 23.4 Å². The lowest BCUT2D eigenvalue weighted by atomic mass is 10.1. The molecule has 140 valence electrons. The summed E-state index contributed by atoms with van der Waals surface area (Å²) >= 11 is 0. The van der Waals surface area contributed by atoms with E-state index in [1.54, 1.807) is 43.5 Å². The highest BCUT2D eigenvalue weighted by molar-refractivity contribution is 5.94. The summed E-state index contributed by atoms with van der Waals surface area (Å²) in [5, 5.41) is 3.03. The van der Waals surface area contributed by atoms with Crippen molar-refractivity contribution in [3.05, 3.63) is 52.7 Å². The van der Waals surface area contributed by atoms with Crippen LogP contribution in [0.4, 0.5) is 5.69 Å². The lowest BCUT2D eigenvalue weighted by Crippen LogP contribution is -2.17. The number of carbonyl (C=O) groups is 1. The van der Waals surface area contributed by atoms with Gasteiger partial charge in [0, 0.05) is 24.4 Å². The van der Waals surface area contributed by atoms with Crippen LogP contribution in [0.2, 0.25) is 0 Å². The molecule has 0 radical (unpaired) electrons. The SMILES string of the molecule is COCC(=O)Nc1ccc2oc(-c3ccc(OC)c(OC)c3)cc(=O)c2c1. The van der Waals surface area contributed by atoms with Gasteiger partial charge in [0.2, 0.25) is 5.91 Å². The van der Waals surface area contributed by atoms with Crippen molar-refractivity contribution in [3.8, 4) is 22.8 Å². The van der Waals surface area contributed by atoms with E-state index in [4.69, 9.17) is 18.6 Å². The summed E-state index contributed by atoms with van der Waals surface area (Å²) in [5.41, 5.74) is 1.38. The number of rotatable bonds is 6. The van der Waals surface area contributed by atoms with Crippen LogP contribution in [0.25, 0.3) is 22.3 Å². The Morgan fingerprint density at radius 2 is 1.78 bits per heavy atom. The van der Waals surface area contributed by atoms with E-state index in [-0.39, 0.29) is 17.9 Å². The van der Waals surface area contributed by atoms with Crippen LogP contribution in [-0.4, -0.2) is 33.8 Å². The smallest absolute Gasteiger partial charge is 0.250 e. The van der Waals surface area contributed by atoms with Gasteiger partial charge in [-0.05, 0) is 36.4 Å². The average molecular weight is 369 g/mol. The minimum atomic E-state index is -0.303. The van der Waals surface area contributed by atoms with Gasteiger partial charge in [0.25, 0.3) is 0 Å². The van der Waals surface area contributed by atoms with Crippen molar-refractivity contribution >= 4 is 22.6 Å². The highest BCUT2D eigenvalue weighted by atomic mass is 16.5. The third-order valence-electron chi connectivity index (χ3n) is 3.95. The highest BCUT2D eigenvalue weighted by Crippen LogP contribution is 2.32. The molecule has 0 bridgehead atoms. The number of ether oxygens (including phenoxy) is 3. The number of methoxy groups -OCH3 is 3. The van der Waals surface area contributed by atoms with E-state index in [0.29, 0.717) is 39.5 Å². The zero-order chi connectivity index (χ0) is 19.4. The Morgan fingerprint density at radius 3 is 2.48 bits per heavy atom. The van der Waals surface area contributed by atoms with Crippen molar-refractivity contribution in [2.75, 3.05) is 33.3 Å². The topological polar surface area (TPSA) is 87.0 Å². The van der Waals surface area contributed by atoms with Crippen LogP contribution in [0.5, 0.6) is 11.5 Å². The van der Waals surface area contributed by atoms with Crippen molar-refractivity contribution in [2.24, 2.45) is 0 Å². The number of hydrogen-bond acceptors (Lipinski definition) is 6. The fraction of sp³-hybridized carbons (Fsp3) is 0.200. The summed E-state index contributed by atoms with van der Waals surface area (Å²) < 4.78 is 21.2. The first kappa shape index (κ1) is 18.5. The zero-order valence-electron chi connectivity index (χ0n) is 15.2. The number of anilines is 1. The molecule has 3 rings (SSSR count). The summed E-state index contributed by atoms with van der Waals surface area (Å²) in [6.07, 6.45) is 0. The molecule has 0 saturated carbocycles. The molecule has 1 heterocycles. The predicted molar refractivity (Wildman–Crippen MR) is 102 cm³/mol. The lowest BCUT2D eigenvalue weighted by Gasteiger charge is -2.10. The predicted octanol–water partition coefficient (Wildman–Crippen LogP) is 3.06. The van der Waals surface area contributed by atoms with E-state index in [2.05, 4.69) is 5.32 Å². The molecule has 0 unspecified atom stereocenters. The van der Waals surface area contributed by atoms with E-state index in [1.165, 1.54) is 20.3 Å². The monoisotopic (exact) mass is 369 g/mol. The maximum Gasteiger partial charge on any atom is 0.250 e. The van der Waals surface area contributed by atoms with Crippen LogP contribution >= 0.6 is 0 Å². The normalized spacial score (nSPS) is 10.6. The molecule has 0 atom stereocenters. The molecule has 7 nitrogen and oxygen atoms in total. The van der Waals surface area contributed by atoms with Crippen LogP contribution in [0.1, 0.15) is 0 Å². The highest BCUT2D eigenvalue weighted by Gasteiger charge is 2.12. The van der Waals surface area contributed by atoms with Crippen molar-refractivity contribution in [1.82, 2.24) is 0 Å². The summed E-state index contributed by atoms with van der Waals surface area (Å²) in [4.78, 5) is 24.2. The third-order valence-corrected chi connectivity index (χ3v) is 3.95. The first-order valence-corrected chi connectivity index (χ1v) is 8.15. The summed E-state index contributed by atoms with van der Waals surface area (Å²) in [5.74, 6) is 1.22. The molecule has 0 fully saturated rings. The molecule has 0 saturated heterocycles. The van der Waals surface area contributed by atoms with Crippen LogP contribution < -0.4 is 20.2 Å². The molecule has 3 aromatic rings. The van der Waals surface area contributed by atoms with Crippen molar-refractivity contribution in [2.45, 2.75) is 0 Å². The van der Waals surface area contributed by atoms with Crippen LogP contribution in [-0.2, 0) is 9.53 Å². The number of hydrogen-bond donors (Lipinski definition) is 1. The Labute approximate surface area is 155 Å². The maximum atomic E-state index is 12.6. The van der Waals surface area contributed by atoms with Gasteiger partial charge >= 0.3 is 0 Å². The van der Waals surface area contributed by atoms with Gasteiger partial charge in [0.1, 0.15) is 18.0 Å². The molecule has 0 spiro atoms. The van der Waals surface area contributed by atoms with E-state index < -0.39 is 0 Å². The third kappa shape index (κ3) is 3.93. The Morgan fingerprint density at radius 1 is 1.00 bits per heavy atom. The molecule has 27 heavy (non-hydrogen) atoms. The van der Waals surface area contributed by atoms with Gasteiger partial charge in [-0.2, -0.15) is 0 Å².